The van der Waals surface area contributed by atoms with Gasteiger partial charge in [0.25, 0.3) is 0 Å². The minimum Gasteiger partial charge on any atom is -0.444 e. The predicted molar refractivity (Wildman–Crippen MR) is 143 cm³/mol. The third kappa shape index (κ3) is 5.15. The summed E-state index contributed by atoms with van der Waals surface area (Å²) in [6.07, 6.45) is 6.04. The van der Waals surface area contributed by atoms with Crippen molar-refractivity contribution in [3.05, 3.63) is 47.4 Å². The van der Waals surface area contributed by atoms with E-state index in [1.54, 1.807) is 11.2 Å². The number of hydrogen-bond acceptors (Lipinski definition) is 6. The maximum Gasteiger partial charge on any atom is 0.410 e. The van der Waals surface area contributed by atoms with Crippen molar-refractivity contribution >= 4 is 34.5 Å². The molecular formula is C27H35ClN6O2. The van der Waals surface area contributed by atoms with E-state index in [2.05, 4.69) is 33.6 Å². The Labute approximate surface area is 217 Å². The van der Waals surface area contributed by atoms with Crippen LogP contribution in [0, 0.1) is 0 Å². The average molecular weight is 511 g/mol. The fourth-order valence-electron chi connectivity index (χ4n) is 5.23. The van der Waals surface area contributed by atoms with Crippen LogP contribution >= 0.6 is 11.6 Å². The minimum atomic E-state index is -0.510. The van der Waals surface area contributed by atoms with Crippen LogP contribution < -0.4 is 4.90 Å². The van der Waals surface area contributed by atoms with Gasteiger partial charge in [0.15, 0.2) is 0 Å². The summed E-state index contributed by atoms with van der Waals surface area (Å²) in [4.78, 5) is 28.8. The van der Waals surface area contributed by atoms with Crippen LogP contribution in [0.15, 0.2) is 36.8 Å². The molecule has 2 saturated heterocycles. The number of anilines is 1. The van der Waals surface area contributed by atoms with Gasteiger partial charge in [-0.2, -0.15) is 0 Å². The van der Waals surface area contributed by atoms with Gasteiger partial charge in [0, 0.05) is 49.1 Å². The molecule has 0 N–H and O–H groups in total. The van der Waals surface area contributed by atoms with E-state index in [1.807, 2.05) is 39.0 Å². The van der Waals surface area contributed by atoms with Gasteiger partial charge >= 0.3 is 6.09 Å². The molecule has 0 unspecified atom stereocenters. The van der Waals surface area contributed by atoms with Gasteiger partial charge in [-0.15, -0.1) is 0 Å². The normalized spacial score (nSPS) is 19.3. The van der Waals surface area contributed by atoms with Crippen LogP contribution in [0.4, 0.5) is 10.6 Å². The van der Waals surface area contributed by atoms with Crippen LogP contribution in [0.25, 0.3) is 16.7 Å². The Balaban J connectivity index is 1.51. The molecule has 2 aliphatic rings. The largest absolute Gasteiger partial charge is 0.444 e. The molecule has 0 bridgehead atoms. The Kier molecular flexibility index (Phi) is 6.83. The Morgan fingerprint density at radius 1 is 1.14 bits per heavy atom. The van der Waals surface area contributed by atoms with E-state index in [0.29, 0.717) is 24.7 Å². The summed E-state index contributed by atoms with van der Waals surface area (Å²) in [5, 5.41) is 1.76. The van der Waals surface area contributed by atoms with Crippen LogP contribution in [0.1, 0.15) is 46.1 Å². The second-order valence-corrected chi connectivity index (χ2v) is 11.3. The monoisotopic (exact) mass is 510 g/mol. The first kappa shape index (κ1) is 24.8. The topological polar surface area (TPSA) is 66.7 Å². The predicted octanol–water partition coefficient (Wildman–Crippen LogP) is 5.12. The molecule has 4 heterocycles. The van der Waals surface area contributed by atoms with Crippen LogP contribution in [-0.2, 0) is 11.3 Å². The van der Waals surface area contributed by atoms with Gasteiger partial charge in [-0.3, -0.25) is 4.90 Å². The Hall–Kier alpha value is -2.84. The Morgan fingerprint density at radius 2 is 1.92 bits per heavy atom. The number of halogens is 1. The molecule has 1 amide bonds. The zero-order valence-corrected chi connectivity index (χ0v) is 22.3. The van der Waals surface area contributed by atoms with E-state index >= 15 is 0 Å². The lowest BCUT2D eigenvalue weighted by atomic mass is 10.1. The quantitative estimate of drug-likeness (QED) is 0.485. The summed E-state index contributed by atoms with van der Waals surface area (Å²) in [5.41, 5.74) is 2.55. The first-order valence-electron chi connectivity index (χ1n) is 12.8. The highest BCUT2D eigenvalue weighted by molar-refractivity contribution is 6.30. The average Bonchev–Trinajstić information content (AvgIpc) is 3.46. The number of rotatable bonds is 4. The molecule has 9 heteroatoms. The molecule has 36 heavy (non-hydrogen) atoms. The smallest absolute Gasteiger partial charge is 0.410 e. The lowest BCUT2D eigenvalue weighted by Gasteiger charge is -2.41. The molecule has 0 aliphatic carbocycles. The number of benzene rings is 1. The second-order valence-electron chi connectivity index (χ2n) is 10.9. The number of hydrogen-bond donors (Lipinski definition) is 0. The first-order chi connectivity index (χ1) is 17.2. The molecule has 0 radical (unpaired) electrons. The molecule has 1 aromatic carbocycles. The second kappa shape index (κ2) is 9.90. The summed E-state index contributed by atoms with van der Waals surface area (Å²) in [6.45, 7) is 12.7. The number of amides is 1. The number of piperazine rings is 1. The summed E-state index contributed by atoms with van der Waals surface area (Å²) in [6, 6.07) is 7.94. The van der Waals surface area contributed by atoms with Crippen molar-refractivity contribution in [2.75, 3.05) is 37.6 Å². The molecule has 3 aromatic rings. The standard InChI is InChI=1S/C27H35ClN6O2/c1-19-15-32(26(35)36-27(2,3)4)12-13-33(19)24-23-20(16-31-10-5-6-11-31)17-34(25(23)30-18-29-24)22-9-7-8-21(28)14-22/h7-9,14,17-19H,5-6,10-13,15-16H2,1-4H3/t19-/m0/s1. The van der Waals surface area contributed by atoms with Gasteiger partial charge in [0.2, 0.25) is 0 Å². The summed E-state index contributed by atoms with van der Waals surface area (Å²) >= 11 is 6.34. The number of fused-ring (bicyclic) bond motifs is 1. The SMILES string of the molecule is C[C@H]1CN(C(=O)OC(C)(C)C)CCN1c1ncnc2c1c(CN1CCCC1)cn2-c1cccc(Cl)c1. The van der Waals surface area contributed by atoms with E-state index in [9.17, 15) is 4.79 Å². The summed E-state index contributed by atoms with van der Waals surface area (Å²) in [5.74, 6) is 0.923. The molecular weight excluding hydrogens is 476 g/mol. The van der Waals surface area contributed by atoms with Crippen molar-refractivity contribution in [2.24, 2.45) is 0 Å². The van der Waals surface area contributed by atoms with E-state index in [0.717, 1.165) is 42.2 Å². The molecule has 0 saturated carbocycles. The molecule has 8 nitrogen and oxygen atoms in total. The zero-order chi connectivity index (χ0) is 25.4. The molecule has 2 aromatic heterocycles. The molecule has 1 atom stereocenters. The van der Waals surface area contributed by atoms with Gasteiger partial charge in [0.1, 0.15) is 23.4 Å². The van der Waals surface area contributed by atoms with Crippen LogP contribution in [0.3, 0.4) is 0 Å². The molecule has 2 aliphatic heterocycles. The zero-order valence-electron chi connectivity index (χ0n) is 21.6. The third-order valence-electron chi connectivity index (χ3n) is 6.87. The highest BCUT2D eigenvalue weighted by Crippen LogP contribution is 2.34. The van der Waals surface area contributed by atoms with E-state index in [1.165, 1.54) is 18.4 Å². The highest BCUT2D eigenvalue weighted by Gasteiger charge is 2.32. The maximum atomic E-state index is 12.7. The number of nitrogens with zero attached hydrogens (tertiary/aromatic N) is 6. The van der Waals surface area contributed by atoms with Gasteiger partial charge in [-0.25, -0.2) is 14.8 Å². The molecule has 0 spiro atoms. The molecule has 5 rings (SSSR count). The first-order valence-corrected chi connectivity index (χ1v) is 13.2. The van der Waals surface area contributed by atoms with Crippen LogP contribution in [-0.4, -0.2) is 74.8 Å². The maximum absolute atomic E-state index is 12.7. The lowest BCUT2D eigenvalue weighted by Crippen LogP contribution is -2.54. The fraction of sp³-hybridized carbons (Fsp3) is 0.519. The van der Waals surface area contributed by atoms with E-state index < -0.39 is 5.60 Å². The van der Waals surface area contributed by atoms with Crippen LogP contribution in [0.2, 0.25) is 5.02 Å². The van der Waals surface area contributed by atoms with Gasteiger partial charge in [-0.1, -0.05) is 17.7 Å². The van der Waals surface area contributed by atoms with Crippen molar-refractivity contribution in [1.29, 1.82) is 0 Å². The van der Waals surface area contributed by atoms with Crippen molar-refractivity contribution in [1.82, 2.24) is 24.3 Å². The highest BCUT2D eigenvalue weighted by atomic mass is 35.5. The Bertz CT molecular complexity index is 1250. The van der Waals surface area contributed by atoms with Gasteiger partial charge < -0.3 is 19.1 Å². The van der Waals surface area contributed by atoms with Crippen molar-refractivity contribution in [2.45, 2.75) is 58.7 Å². The summed E-state index contributed by atoms with van der Waals surface area (Å²) in [7, 11) is 0. The summed E-state index contributed by atoms with van der Waals surface area (Å²) < 4.78 is 7.74. The van der Waals surface area contributed by atoms with E-state index in [-0.39, 0.29) is 12.1 Å². The molecule has 2 fully saturated rings. The number of carbonyl (C=O) groups excluding carboxylic acids is 1. The van der Waals surface area contributed by atoms with Crippen molar-refractivity contribution in [3.8, 4) is 5.69 Å². The lowest BCUT2D eigenvalue weighted by molar-refractivity contribution is 0.0218. The van der Waals surface area contributed by atoms with Crippen molar-refractivity contribution in [3.63, 3.8) is 0 Å². The van der Waals surface area contributed by atoms with Gasteiger partial charge in [-0.05, 0) is 77.4 Å². The number of likely N-dealkylation sites (tertiary alicyclic amines) is 1. The fourth-order valence-corrected chi connectivity index (χ4v) is 5.41. The number of ether oxygens (including phenoxy) is 1. The third-order valence-corrected chi connectivity index (χ3v) is 7.11. The van der Waals surface area contributed by atoms with Crippen LogP contribution in [0.5, 0.6) is 0 Å². The van der Waals surface area contributed by atoms with Crippen molar-refractivity contribution < 1.29 is 9.53 Å². The number of aromatic nitrogens is 3. The number of carbonyl (C=O) groups is 1. The van der Waals surface area contributed by atoms with Gasteiger partial charge in [0.05, 0.1) is 5.39 Å². The Morgan fingerprint density at radius 3 is 2.61 bits per heavy atom. The molecule has 192 valence electrons. The van der Waals surface area contributed by atoms with E-state index in [4.69, 9.17) is 26.3 Å². The minimum absolute atomic E-state index is 0.0820.